The summed E-state index contributed by atoms with van der Waals surface area (Å²) in [5.74, 6) is 0.335. The van der Waals surface area contributed by atoms with Crippen LogP contribution < -0.4 is 5.32 Å². The van der Waals surface area contributed by atoms with E-state index >= 15 is 0 Å². The van der Waals surface area contributed by atoms with Crippen LogP contribution in [0.2, 0.25) is 0 Å². The molecule has 2 aromatic heterocycles. The number of rotatable bonds is 8. The molecule has 0 aromatic carbocycles. The Morgan fingerprint density at radius 1 is 1.39 bits per heavy atom. The summed E-state index contributed by atoms with van der Waals surface area (Å²) in [4.78, 5) is 12.5. The number of hydrogen-bond acceptors (Lipinski definition) is 4. The maximum Gasteiger partial charge on any atom is 0.269 e. The molecule has 2 aromatic rings. The van der Waals surface area contributed by atoms with Crippen molar-refractivity contribution in [2.75, 3.05) is 0 Å². The summed E-state index contributed by atoms with van der Waals surface area (Å²) in [5, 5.41) is 17.3. The Hall–Kier alpha value is -2.08. The van der Waals surface area contributed by atoms with Crippen molar-refractivity contribution in [3.05, 3.63) is 42.1 Å². The molecule has 0 bridgehead atoms. The molecule has 0 saturated carbocycles. The van der Waals surface area contributed by atoms with Gasteiger partial charge in [0.15, 0.2) is 0 Å². The number of amides is 1. The van der Waals surface area contributed by atoms with Crippen LogP contribution in [-0.4, -0.2) is 26.8 Å². The van der Waals surface area contributed by atoms with Crippen molar-refractivity contribution in [3.63, 3.8) is 0 Å². The van der Waals surface area contributed by atoms with Crippen molar-refractivity contribution < 1.29 is 14.3 Å². The Kier molecular flexibility index (Phi) is 5.98. The zero-order chi connectivity index (χ0) is 16.8. The maximum absolute atomic E-state index is 12.5. The molecule has 0 radical (unpaired) electrons. The van der Waals surface area contributed by atoms with Crippen molar-refractivity contribution in [1.29, 1.82) is 0 Å². The summed E-state index contributed by atoms with van der Waals surface area (Å²) < 4.78 is 6.96. The molecule has 2 atom stereocenters. The highest BCUT2D eigenvalue weighted by atomic mass is 16.4. The molecule has 23 heavy (non-hydrogen) atoms. The zero-order valence-electron chi connectivity index (χ0n) is 13.9. The SMILES string of the molecule is CCC(CC)n1nccc1C(=O)NC(C)CC(O)c1ccco1. The van der Waals surface area contributed by atoms with Crippen LogP contribution >= 0.6 is 0 Å². The van der Waals surface area contributed by atoms with Crippen LogP contribution in [-0.2, 0) is 0 Å². The van der Waals surface area contributed by atoms with Crippen LogP contribution in [0.25, 0.3) is 0 Å². The summed E-state index contributed by atoms with van der Waals surface area (Å²) in [6, 6.07) is 5.21. The summed E-state index contributed by atoms with van der Waals surface area (Å²) in [5.41, 5.74) is 0.554. The van der Waals surface area contributed by atoms with Crippen LogP contribution in [0.15, 0.2) is 35.1 Å². The fourth-order valence-electron chi connectivity index (χ4n) is 2.71. The van der Waals surface area contributed by atoms with Crippen LogP contribution in [0.1, 0.15) is 68.4 Å². The predicted molar refractivity (Wildman–Crippen MR) is 87.1 cm³/mol. The molecule has 6 heteroatoms. The number of hydrogen-bond donors (Lipinski definition) is 2. The Morgan fingerprint density at radius 2 is 2.13 bits per heavy atom. The van der Waals surface area contributed by atoms with Crippen molar-refractivity contribution in [3.8, 4) is 0 Å². The molecule has 1 amide bonds. The smallest absolute Gasteiger partial charge is 0.269 e. The second-order valence-electron chi connectivity index (χ2n) is 5.77. The van der Waals surface area contributed by atoms with Crippen molar-refractivity contribution in [1.82, 2.24) is 15.1 Å². The molecule has 2 unspecified atom stereocenters. The van der Waals surface area contributed by atoms with Crippen molar-refractivity contribution in [2.24, 2.45) is 0 Å². The lowest BCUT2D eigenvalue weighted by atomic mass is 10.1. The first kappa shape index (κ1) is 17.3. The average Bonchev–Trinajstić information content (AvgIpc) is 3.20. The molecule has 0 aliphatic carbocycles. The second-order valence-corrected chi connectivity index (χ2v) is 5.77. The van der Waals surface area contributed by atoms with Crippen LogP contribution in [0.3, 0.4) is 0 Å². The van der Waals surface area contributed by atoms with E-state index in [9.17, 15) is 9.90 Å². The number of carbonyl (C=O) groups is 1. The van der Waals surface area contributed by atoms with Crippen LogP contribution in [0.4, 0.5) is 0 Å². The molecule has 0 aliphatic heterocycles. The van der Waals surface area contributed by atoms with E-state index in [4.69, 9.17) is 4.42 Å². The van der Waals surface area contributed by atoms with Gasteiger partial charge in [0.2, 0.25) is 0 Å². The third-order valence-corrected chi connectivity index (χ3v) is 4.02. The third-order valence-electron chi connectivity index (χ3n) is 4.02. The van der Waals surface area contributed by atoms with Gasteiger partial charge in [-0.1, -0.05) is 13.8 Å². The van der Waals surface area contributed by atoms with Gasteiger partial charge in [0.05, 0.1) is 12.3 Å². The van der Waals surface area contributed by atoms with Gasteiger partial charge in [0.1, 0.15) is 17.6 Å². The summed E-state index contributed by atoms with van der Waals surface area (Å²) >= 11 is 0. The number of carbonyl (C=O) groups excluding carboxylic acids is 1. The molecule has 6 nitrogen and oxygen atoms in total. The Bertz CT molecular complexity index is 602. The highest BCUT2D eigenvalue weighted by molar-refractivity contribution is 5.92. The van der Waals surface area contributed by atoms with Gasteiger partial charge in [-0.2, -0.15) is 5.10 Å². The molecular formula is C17H25N3O3. The first-order valence-corrected chi connectivity index (χ1v) is 8.12. The van der Waals surface area contributed by atoms with Gasteiger partial charge in [-0.25, -0.2) is 0 Å². The molecule has 2 heterocycles. The van der Waals surface area contributed by atoms with E-state index in [1.54, 1.807) is 29.1 Å². The fourth-order valence-corrected chi connectivity index (χ4v) is 2.71. The average molecular weight is 319 g/mol. The predicted octanol–water partition coefficient (Wildman–Crippen LogP) is 3.08. The van der Waals surface area contributed by atoms with E-state index < -0.39 is 6.10 Å². The number of nitrogens with zero attached hydrogens (tertiary/aromatic N) is 2. The Balaban J connectivity index is 1.98. The van der Waals surface area contributed by atoms with Crippen LogP contribution in [0, 0.1) is 0 Å². The van der Waals surface area contributed by atoms with Gasteiger partial charge in [-0.05, 0) is 38.0 Å². The number of furan rings is 1. The van der Waals surface area contributed by atoms with Gasteiger partial charge in [0.25, 0.3) is 5.91 Å². The second kappa shape index (κ2) is 7.97. The zero-order valence-corrected chi connectivity index (χ0v) is 13.9. The van der Waals surface area contributed by atoms with E-state index in [1.807, 2.05) is 6.92 Å². The standard InChI is InChI=1S/C17H25N3O3/c1-4-13(5-2)20-14(8-9-18-20)17(22)19-12(3)11-15(21)16-7-6-10-23-16/h6-10,12-13,15,21H,4-5,11H2,1-3H3,(H,19,22). The molecule has 2 rings (SSSR count). The minimum Gasteiger partial charge on any atom is -0.467 e. The molecule has 0 fully saturated rings. The van der Waals surface area contributed by atoms with Gasteiger partial charge in [-0.3, -0.25) is 9.48 Å². The normalized spacial score (nSPS) is 14.0. The quantitative estimate of drug-likeness (QED) is 0.783. The van der Waals surface area contributed by atoms with E-state index in [-0.39, 0.29) is 18.0 Å². The molecule has 2 N–H and O–H groups in total. The van der Waals surface area contributed by atoms with Gasteiger partial charge in [-0.15, -0.1) is 0 Å². The number of aliphatic hydroxyl groups is 1. The minimum absolute atomic E-state index is 0.173. The van der Waals surface area contributed by atoms with E-state index in [0.29, 0.717) is 17.9 Å². The molecule has 0 spiro atoms. The summed E-state index contributed by atoms with van der Waals surface area (Å²) in [6.45, 7) is 6.03. The lowest BCUT2D eigenvalue weighted by Gasteiger charge is -2.19. The summed E-state index contributed by atoms with van der Waals surface area (Å²) in [6.07, 6.45) is 4.67. The topological polar surface area (TPSA) is 80.3 Å². The molecule has 126 valence electrons. The van der Waals surface area contributed by atoms with Crippen LogP contribution in [0.5, 0.6) is 0 Å². The highest BCUT2D eigenvalue weighted by Crippen LogP contribution is 2.20. The monoisotopic (exact) mass is 319 g/mol. The maximum atomic E-state index is 12.5. The van der Waals surface area contributed by atoms with Crippen molar-refractivity contribution in [2.45, 2.75) is 58.2 Å². The Morgan fingerprint density at radius 3 is 2.74 bits per heavy atom. The minimum atomic E-state index is -0.732. The number of nitrogens with one attached hydrogen (secondary N) is 1. The Labute approximate surface area is 136 Å². The highest BCUT2D eigenvalue weighted by Gasteiger charge is 2.20. The van der Waals surface area contributed by atoms with Gasteiger partial charge < -0.3 is 14.8 Å². The first-order chi connectivity index (χ1) is 11.1. The lowest BCUT2D eigenvalue weighted by molar-refractivity contribution is 0.0889. The van der Waals surface area contributed by atoms with Crippen molar-refractivity contribution >= 4 is 5.91 Å². The lowest BCUT2D eigenvalue weighted by Crippen LogP contribution is -2.35. The van der Waals surface area contributed by atoms with Gasteiger partial charge >= 0.3 is 0 Å². The largest absolute Gasteiger partial charge is 0.467 e. The van der Waals surface area contributed by atoms with E-state index in [2.05, 4.69) is 24.3 Å². The fraction of sp³-hybridized carbons (Fsp3) is 0.529. The molecule has 0 saturated heterocycles. The molecule has 0 aliphatic rings. The van der Waals surface area contributed by atoms with E-state index in [0.717, 1.165) is 12.8 Å². The molecular weight excluding hydrogens is 294 g/mol. The number of aromatic nitrogens is 2. The summed E-state index contributed by atoms with van der Waals surface area (Å²) in [7, 11) is 0. The third kappa shape index (κ3) is 4.22. The number of aliphatic hydroxyl groups excluding tert-OH is 1. The van der Waals surface area contributed by atoms with E-state index in [1.165, 1.54) is 6.26 Å². The van der Waals surface area contributed by atoms with Gasteiger partial charge in [0, 0.05) is 18.7 Å². The first-order valence-electron chi connectivity index (χ1n) is 8.12.